The van der Waals surface area contributed by atoms with Gasteiger partial charge in [-0.1, -0.05) is 0 Å². The normalized spacial score (nSPS) is 17.5. The molecule has 3 rings (SSSR count). The Morgan fingerprint density at radius 1 is 0.929 bits per heavy atom. The molecule has 10 heteroatoms. The van der Waals surface area contributed by atoms with Crippen LogP contribution in [0.15, 0.2) is 35.2 Å². The molecule has 0 bridgehead atoms. The van der Waals surface area contributed by atoms with E-state index in [4.69, 9.17) is 14.2 Å². The number of thioether (sulfide) groups is 1. The SMILES string of the molecule is COc1cc(OC)c(C2SCCN2S(=O)(=O)c2cc(F)cc(F)c2)cc1OC. The van der Waals surface area contributed by atoms with Crippen LogP contribution in [0.5, 0.6) is 17.2 Å². The van der Waals surface area contributed by atoms with Gasteiger partial charge in [0.05, 0.1) is 31.6 Å². The molecule has 152 valence electrons. The summed E-state index contributed by atoms with van der Waals surface area (Å²) in [5.41, 5.74) is 0.558. The lowest BCUT2D eigenvalue weighted by molar-refractivity contribution is 0.344. The highest BCUT2D eigenvalue weighted by atomic mass is 32.2. The van der Waals surface area contributed by atoms with Crippen molar-refractivity contribution in [1.29, 1.82) is 0 Å². The van der Waals surface area contributed by atoms with Crippen LogP contribution < -0.4 is 14.2 Å². The molecule has 0 saturated carbocycles. The molecular weight excluding hydrogens is 412 g/mol. The first-order chi connectivity index (χ1) is 13.3. The summed E-state index contributed by atoms with van der Waals surface area (Å²) < 4.78 is 70.5. The molecular formula is C18H19F2NO5S2. The molecule has 1 atom stereocenters. The average Bonchev–Trinajstić information content (AvgIpc) is 3.16. The van der Waals surface area contributed by atoms with Gasteiger partial charge in [-0.2, -0.15) is 4.31 Å². The van der Waals surface area contributed by atoms with Crippen molar-refractivity contribution in [3.8, 4) is 17.2 Å². The lowest BCUT2D eigenvalue weighted by Crippen LogP contribution is -2.31. The maximum atomic E-state index is 13.6. The fourth-order valence-corrected chi connectivity index (χ4v) is 6.29. The maximum Gasteiger partial charge on any atom is 0.244 e. The van der Waals surface area contributed by atoms with Crippen LogP contribution in [0.2, 0.25) is 0 Å². The number of hydrogen-bond acceptors (Lipinski definition) is 6. The summed E-state index contributed by atoms with van der Waals surface area (Å²) in [5.74, 6) is -0.120. The standard InChI is InChI=1S/C18H19F2NO5S2/c1-24-15-10-17(26-3)16(25-2)9-14(15)18-21(4-5-27-18)28(22,23)13-7-11(19)6-12(20)8-13/h6-10,18H,4-5H2,1-3H3. The fourth-order valence-electron chi connectivity index (χ4n) is 3.00. The molecule has 6 nitrogen and oxygen atoms in total. The number of sulfonamides is 1. The van der Waals surface area contributed by atoms with Crippen molar-refractivity contribution < 1.29 is 31.4 Å². The summed E-state index contributed by atoms with van der Waals surface area (Å²) in [6.07, 6.45) is 0. The van der Waals surface area contributed by atoms with Crippen molar-refractivity contribution in [2.75, 3.05) is 33.6 Å². The largest absolute Gasteiger partial charge is 0.496 e. The van der Waals surface area contributed by atoms with E-state index >= 15 is 0 Å². The Morgan fingerprint density at radius 3 is 2.07 bits per heavy atom. The Morgan fingerprint density at radius 2 is 1.50 bits per heavy atom. The van der Waals surface area contributed by atoms with Crippen molar-refractivity contribution >= 4 is 21.8 Å². The zero-order valence-corrected chi connectivity index (χ0v) is 17.1. The van der Waals surface area contributed by atoms with Crippen molar-refractivity contribution in [1.82, 2.24) is 4.31 Å². The summed E-state index contributed by atoms with van der Waals surface area (Å²) >= 11 is 1.38. The molecule has 0 spiro atoms. The van der Waals surface area contributed by atoms with E-state index < -0.39 is 31.9 Å². The highest BCUT2D eigenvalue weighted by Crippen LogP contribution is 2.47. The molecule has 1 aliphatic heterocycles. The van der Waals surface area contributed by atoms with Gasteiger partial charge in [0.25, 0.3) is 0 Å². The molecule has 2 aromatic rings. The number of ether oxygens (including phenoxy) is 3. The van der Waals surface area contributed by atoms with Crippen LogP contribution in [0.25, 0.3) is 0 Å². The van der Waals surface area contributed by atoms with E-state index in [-0.39, 0.29) is 6.54 Å². The summed E-state index contributed by atoms with van der Waals surface area (Å²) in [6.45, 7) is 0.188. The van der Waals surface area contributed by atoms with E-state index in [0.29, 0.717) is 34.6 Å². The molecule has 1 unspecified atom stereocenters. The van der Waals surface area contributed by atoms with Gasteiger partial charge in [0, 0.05) is 30.0 Å². The second kappa shape index (κ2) is 8.14. The quantitative estimate of drug-likeness (QED) is 0.698. The predicted molar refractivity (Wildman–Crippen MR) is 102 cm³/mol. The molecule has 1 saturated heterocycles. The smallest absolute Gasteiger partial charge is 0.244 e. The molecule has 28 heavy (non-hydrogen) atoms. The third kappa shape index (κ3) is 3.76. The van der Waals surface area contributed by atoms with Crippen molar-refractivity contribution in [3.05, 3.63) is 47.5 Å². The predicted octanol–water partition coefficient (Wildman–Crippen LogP) is 3.43. The fraction of sp³-hybridized carbons (Fsp3) is 0.333. The van der Waals surface area contributed by atoms with E-state index in [2.05, 4.69) is 0 Å². The molecule has 1 fully saturated rings. The first-order valence-corrected chi connectivity index (χ1v) is 10.7. The second-order valence-corrected chi connectivity index (χ2v) is 8.97. The van der Waals surface area contributed by atoms with E-state index in [1.54, 1.807) is 12.1 Å². The topological polar surface area (TPSA) is 65.1 Å². The molecule has 0 amide bonds. The minimum absolute atomic E-state index is 0.188. The Bertz CT molecular complexity index is 964. The Balaban J connectivity index is 2.08. The van der Waals surface area contributed by atoms with Gasteiger partial charge in [-0.25, -0.2) is 17.2 Å². The van der Waals surface area contributed by atoms with Gasteiger partial charge < -0.3 is 14.2 Å². The number of hydrogen-bond donors (Lipinski definition) is 0. The van der Waals surface area contributed by atoms with Crippen LogP contribution >= 0.6 is 11.8 Å². The van der Waals surface area contributed by atoms with Gasteiger partial charge in [0.2, 0.25) is 10.0 Å². The second-order valence-electron chi connectivity index (χ2n) is 5.89. The minimum Gasteiger partial charge on any atom is -0.496 e. The lowest BCUT2D eigenvalue weighted by Gasteiger charge is -2.25. The van der Waals surface area contributed by atoms with Crippen LogP contribution in [0.3, 0.4) is 0 Å². The highest BCUT2D eigenvalue weighted by Gasteiger charge is 2.39. The third-order valence-corrected chi connectivity index (χ3v) is 7.51. The van der Waals surface area contributed by atoms with Crippen molar-refractivity contribution in [2.45, 2.75) is 10.3 Å². The average molecular weight is 431 g/mol. The van der Waals surface area contributed by atoms with Gasteiger partial charge in [0.1, 0.15) is 17.4 Å². The van der Waals surface area contributed by atoms with E-state index in [1.165, 1.54) is 37.4 Å². The first-order valence-electron chi connectivity index (χ1n) is 8.21. The van der Waals surface area contributed by atoms with E-state index in [9.17, 15) is 17.2 Å². The maximum absolute atomic E-state index is 13.6. The van der Waals surface area contributed by atoms with Gasteiger partial charge in [-0.3, -0.25) is 0 Å². The van der Waals surface area contributed by atoms with Crippen molar-refractivity contribution in [2.24, 2.45) is 0 Å². The summed E-state index contributed by atoms with van der Waals surface area (Å²) in [4.78, 5) is -0.433. The number of methoxy groups -OCH3 is 3. The van der Waals surface area contributed by atoms with Crippen LogP contribution in [0.4, 0.5) is 8.78 Å². The Kier molecular flexibility index (Phi) is 6.01. The number of nitrogens with zero attached hydrogens (tertiary/aromatic N) is 1. The number of halogens is 2. The zero-order valence-electron chi connectivity index (χ0n) is 15.4. The molecule has 1 heterocycles. The van der Waals surface area contributed by atoms with Gasteiger partial charge >= 0.3 is 0 Å². The number of benzene rings is 2. The minimum atomic E-state index is -4.14. The highest BCUT2D eigenvalue weighted by molar-refractivity contribution is 8.01. The number of rotatable bonds is 6. The van der Waals surface area contributed by atoms with Crippen LogP contribution in [0.1, 0.15) is 10.9 Å². The molecule has 2 aromatic carbocycles. The molecule has 1 aliphatic rings. The Hall–Kier alpha value is -2.04. The lowest BCUT2D eigenvalue weighted by atomic mass is 10.1. The molecule has 0 N–H and O–H groups in total. The zero-order chi connectivity index (χ0) is 20.5. The van der Waals surface area contributed by atoms with Gasteiger partial charge in [-0.05, 0) is 18.2 Å². The van der Waals surface area contributed by atoms with Gasteiger partial charge in [-0.15, -0.1) is 11.8 Å². The van der Waals surface area contributed by atoms with Crippen LogP contribution in [-0.4, -0.2) is 46.4 Å². The molecule has 0 radical (unpaired) electrons. The van der Waals surface area contributed by atoms with E-state index in [1.807, 2.05) is 0 Å². The van der Waals surface area contributed by atoms with Gasteiger partial charge in [0.15, 0.2) is 11.5 Å². The third-order valence-electron chi connectivity index (χ3n) is 4.29. The molecule has 0 aromatic heterocycles. The van der Waals surface area contributed by atoms with Crippen molar-refractivity contribution in [3.63, 3.8) is 0 Å². The Labute approximate surface area is 166 Å². The monoisotopic (exact) mass is 431 g/mol. The van der Waals surface area contributed by atoms with E-state index in [0.717, 1.165) is 12.1 Å². The summed E-state index contributed by atoms with van der Waals surface area (Å²) in [7, 11) is 0.282. The molecule has 0 aliphatic carbocycles. The summed E-state index contributed by atoms with van der Waals surface area (Å²) in [5, 5.41) is -0.647. The summed E-state index contributed by atoms with van der Waals surface area (Å²) in [6, 6.07) is 5.51. The van der Waals surface area contributed by atoms with Crippen LogP contribution in [0, 0.1) is 11.6 Å². The van der Waals surface area contributed by atoms with Crippen LogP contribution in [-0.2, 0) is 10.0 Å². The first kappa shape index (κ1) is 20.7.